The molecule has 8 heteroatoms. The van der Waals surface area contributed by atoms with Crippen LogP contribution < -0.4 is 20.1 Å². The average Bonchev–Trinajstić information content (AvgIpc) is 3.28. The van der Waals surface area contributed by atoms with Gasteiger partial charge < -0.3 is 20.1 Å². The minimum atomic E-state index is 0.576. The van der Waals surface area contributed by atoms with Crippen molar-refractivity contribution in [2.45, 2.75) is 26.6 Å². The lowest BCUT2D eigenvalue weighted by atomic mass is 10.1. The summed E-state index contributed by atoms with van der Waals surface area (Å²) >= 11 is 0. The summed E-state index contributed by atoms with van der Waals surface area (Å²) in [5.41, 5.74) is 3.38. The van der Waals surface area contributed by atoms with Crippen LogP contribution in [0.25, 0.3) is 0 Å². The molecule has 0 unspecified atom stereocenters. The number of guanidine groups is 1. The molecule has 158 valence electrons. The maximum Gasteiger partial charge on any atom is 0.191 e. The van der Waals surface area contributed by atoms with Crippen LogP contribution in [0, 0.1) is 0 Å². The van der Waals surface area contributed by atoms with Crippen molar-refractivity contribution in [3.05, 3.63) is 71.8 Å². The first-order valence-electron chi connectivity index (χ1n) is 9.85. The lowest BCUT2D eigenvalue weighted by Crippen LogP contribution is -2.36. The fourth-order valence-electron chi connectivity index (χ4n) is 3.02. The van der Waals surface area contributed by atoms with E-state index in [2.05, 4.69) is 38.9 Å². The number of hydrogen-bond acceptors (Lipinski definition) is 5. The molecule has 0 atom stereocenters. The number of nitrogens with one attached hydrogen (secondary N) is 2. The first-order valence-corrected chi connectivity index (χ1v) is 9.85. The molecule has 3 aromatic rings. The number of benzene rings is 2. The molecular weight excluding hydrogens is 380 g/mol. The van der Waals surface area contributed by atoms with E-state index in [0.29, 0.717) is 31.1 Å². The summed E-state index contributed by atoms with van der Waals surface area (Å²) in [6.07, 6.45) is 3.26. The summed E-state index contributed by atoms with van der Waals surface area (Å²) < 4.78 is 12.5. The molecule has 0 spiro atoms. The van der Waals surface area contributed by atoms with Crippen LogP contribution in [0.1, 0.15) is 23.6 Å². The summed E-state index contributed by atoms with van der Waals surface area (Å²) in [5, 5.41) is 10.8. The van der Waals surface area contributed by atoms with Gasteiger partial charge in [-0.15, -0.1) is 0 Å². The lowest BCUT2D eigenvalue weighted by Gasteiger charge is -2.13. The normalized spacial score (nSPS) is 11.2. The van der Waals surface area contributed by atoms with Gasteiger partial charge >= 0.3 is 0 Å². The molecule has 0 aliphatic carbocycles. The van der Waals surface area contributed by atoms with Crippen molar-refractivity contribution in [3.63, 3.8) is 0 Å². The molecule has 0 aliphatic heterocycles. The van der Waals surface area contributed by atoms with Gasteiger partial charge in [-0.05, 0) is 35.7 Å². The largest absolute Gasteiger partial charge is 0.493 e. The Hall–Kier alpha value is -3.55. The number of ether oxygens (including phenoxy) is 2. The van der Waals surface area contributed by atoms with Gasteiger partial charge in [0.25, 0.3) is 0 Å². The van der Waals surface area contributed by atoms with Crippen LogP contribution in [0.2, 0.25) is 0 Å². The van der Waals surface area contributed by atoms with E-state index in [1.54, 1.807) is 31.6 Å². The Balaban J connectivity index is 1.63. The standard InChI is InChI=1S/C22H28N6O2/c1-4-24-22(26-13-18-8-9-20(29-2)21(11-18)30-3)25-12-17-6-5-7-19(10-17)14-28-16-23-15-27-28/h5-11,15-16H,4,12-14H2,1-3H3,(H2,24,25,26). The summed E-state index contributed by atoms with van der Waals surface area (Å²) in [6, 6.07) is 14.2. The SMILES string of the molecule is CCNC(=NCc1cccc(Cn2cncn2)c1)NCc1ccc(OC)c(OC)c1. The highest BCUT2D eigenvalue weighted by molar-refractivity contribution is 5.79. The second kappa shape index (κ2) is 10.8. The fourth-order valence-corrected chi connectivity index (χ4v) is 3.02. The van der Waals surface area contributed by atoms with Gasteiger partial charge in [-0.1, -0.05) is 30.3 Å². The minimum absolute atomic E-state index is 0.576. The van der Waals surface area contributed by atoms with E-state index in [1.807, 2.05) is 31.2 Å². The van der Waals surface area contributed by atoms with Crippen molar-refractivity contribution in [3.8, 4) is 11.5 Å². The maximum absolute atomic E-state index is 5.38. The van der Waals surface area contributed by atoms with Gasteiger partial charge in [0, 0.05) is 13.1 Å². The third kappa shape index (κ3) is 5.97. The predicted molar refractivity (Wildman–Crippen MR) is 117 cm³/mol. The van der Waals surface area contributed by atoms with Gasteiger partial charge in [0.15, 0.2) is 17.5 Å². The Morgan fingerprint density at radius 2 is 1.83 bits per heavy atom. The Labute approximate surface area is 177 Å². The molecule has 0 aliphatic rings. The second-order valence-electron chi connectivity index (χ2n) is 6.65. The Morgan fingerprint density at radius 1 is 1.00 bits per heavy atom. The summed E-state index contributed by atoms with van der Waals surface area (Å²) in [6.45, 7) is 4.72. The number of methoxy groups -OCH3 is 2. The van der Waals surface area contributed by atoms with Crippen molar-refractivity contribution >= 4 is 5.96 Å². The number of aromatic nitrogens is 3. The average molecular weight is 409 g/mol. The Bertz CT molecular complexity index is 956. The quantitative estimate of drug-likeness (QED) is 0.418. The summed E-state index contributed by atoms with van der Waals surface area (Å²) in [5.74, 6) is 2.18. The molecule has 30 heavy (non-hydrogen) atoms. The van der Waals surface area contributed by atoms with Crippen molar-refractivity contribution in [2.75, 3.05) is 20.8 Å². The summed E-state index contributed by atoms with van der Waals surface area (Å²) in [7, 11) is 3.27. The maximum atomic E-state index is 5.38. The third-order valence-corrected chi connectivity index (χ3v) is 4.47. The number of aliphatic imine (C=N–C) groups is 1. The van der Waals surface area contributed by atoms with E-state index in [0.717, 1.165) is 29.2 Å². The zero-order chi connectivity index (χ0) is 21.2. The highest BCUT2D eigenvalue weighted by Crippen LogP contribution is 2.27. The molecule has 3 rings (SSSR count). The van der Waals surface area contributed by atoms with Crippen LogP contribution in [0.4, 0.5) is 0 Å². The minimum Gasteiger partial charge on any atom is -0.493 e. The van der Waals surface area contributed by atoms with Crippen LogP contribution in [0.15, 0.2) is 60.1 Å². The lowest BCUT2D eigenvalue weighted by molar-refractivity contribution is 0.354. The summed E-state index contributed by atoms with van der Waals surface area (Å²) in [4.78, 5) is 8.70. The van der Waals surface area contributed by atoms with Gasteiger partial charge in [0.05, 0.1) is 27.3 Å². The molecule has 0 saturated heterocycles. The van der Waals surface area contributed by atoms with E-state index in [1.165, 1.54) is 0 Å². The molecule has 1 aromatic heterocycles. The van der Waals surface area contributed by atoms with Gasteiger partial charge in [-0.25, -0.2) is 14.7 Å². The fraction of sp³-hybridized carbons (Fsp3) is 0.318. The molecule has 8 nitrogen and oxygen atoms in total. The van der Waals surface area contributed by atoms with Crippen LogP contribution in [-0.2, 0) is 19.6 Å². The Morgan fingerprint density at radius 3 is 2.57 bits per heavy atom. The number of nitrogens with zero attached hydrogens (tertiary/aromatic N) is 4. The van der Waals surface area contributed by atoms with Crippen LogP contribution >= 0.6 is 0 Å². The molecular formula is C22H28N6O2. The van der Waals surface area contributed by atoms with Gasteiger partial charge in [0.1, 0.15) is 12.7 Å². The van der Waals surface area contributed by atoms with E-state index >= 15 is 0 Å². The van der Waals surface area contributed by atoms with Crippen LogP contribution in [0.3, 0.4) is 0 Å². The molecule has 0 radical (unpaired) electrons. The van der Waals surface area contributed by atoms with Gasteiger partial charge in [-0.3, -0.25) is 0 Å². The molecule has 0 saturated carbocycles. The molecule has 2 N–H and O–H groups in total. The van der Waals surface area contributed by atoms with E-state index in [-0.39, 0.29) is 0 Å². The number of hydrogen-bond donors (Lipinski definition) is 2. The van der Waals surface area contributed by atoms with Crippen LogP contribution in [-0.4, -0.2) is 41.5 Å². The van der Waals surface area contributed by atoms with E-state index in [9.17, 15) is 0 Å². The van der Waals surface area contributed by atoms with Gasteiger partial charge in [0.2, 0.25) is 0 Å². The molecule has 0 amide bonds. The topological polar surface area (TPSA) is 85.6 Å². The van der Waals surface area contributed by atoms with Crippen LogP contribution in [0.5, 0.6) is 11.5 Å². The predicted octanol–water partition coefficient (Wildman–Crippen LogP) is 2.60. The third-order valence-electron chi connectivity index (χ3n) is 4.47. The Kier molecular flexibility index (Phi) is 7.65. The first kappa shape index (κ1) is 21.2. The molecule has 0 bridgehead atoms. The van der Waals surface area contributed by atoms with Crippen molar-refractivity contribution in [1.29, 1.82) is 0 Å². The van der Waals surface area contributed by atoms with Gasteiger partial charge in [-0.2, -0.15) is 5.10 Å². The van der Waals surface area contributed by atoms with Crippen molar-refractivity contribution < 1.29 is 9.47 Å². The molecule has 1 heterocycles. The number of rotatable bonds is 9. The monoisotopic (exact) mass is 408 g/mol. The highest BCUT2D eigenvalue weighted by Gasteiger charge is 2.06. The highest BCUT2D eigenvalue weighted by atomic mass is 16.5. The zero-order valence-electron chi connectivity index (χ0n) is 17.6. The smallest absolute Gasteiger partial charge is 0.191 e. The zero-order valence-corrected chi connectivity index (χ0v) is 17.6. The molecule has 2 aromatic carbocycles. The van der Waals surface area contributed by atoms with Crippen molar-refractivity contribution in [1.82, 2.24) is 25.4 Å². The second-order valence-corrected chi connectivity index (χ2v) is 6.65. The molecule has 0 fully saturated rings. The van der Waals surface area contributed by atoms with Crippen molar-refractivity contribution in [2.24, 2.45) is 4.99 Å². The first-order chi connectivity index (χ1) is 14.7. The van der Waals surface area contributed by atoms with E-state index in [4.69, 9.17) is 14.5 Å². The van der Waals surface area contributed by atoms with E-state index < -0.39 is 0 Å².